The molecule has 2 rings (SSSR count). The molecule has 0 amide bonds. The van der Waals surface area contributed by atoms with Gasteiger partial charge in [0.2, 0.25) is 0 Å². The predicted octanol–water partition coefficient (Wildman–Crippen LogP) is 4.14. The maximum absolute atomic E-state index is 6.33. The zero-order valence-corrected chi connectivity index (χ0v) is 13.2. The molecular weight excluding hydrogens is 258 g/mol. The number of hydrogen-bond donors (Lipinski definition) is 1. The lowest BCUT2D eigenvalue weighted by Crippen LogP contribution is -2.13. The standard InChI is InChI=1S/C19H25NO/c1-14(2)11-15-7-9-17(10-8-15)19(20)13-16-5-4-6-18(12-16)21-3/h4-10,12,14,19H,11,13,20H2,1-3H3. The minimum absolute atomic E-state index is 0.0187. The highest BCUT2D eigenvalue weighted by Gasteiger charge is 2.08. The second-order valence-corrected chi connectivity index (χ2v) is 6.00. The fourth-order valence-corrected chi connectivity index (χ4v) is 2.54. The van der Waals surface area contributed by atoms with Gasteiger partial charge in [0, 0.05) is 6.04 Å². The monoisotopic (exact) mass is 283 g/mol. The van der Waals surface area contributed by atoms with Gasteiger partial charge in [0.15, 0.2) is 0 Å². The highest BCUT2D eigenvalue weighted by molar-refractivity contribution is 5.31. The van der Waals surface area contributed by atoms with Crippen LogP contribution >= 0.6 is 0 Å². The molecule has 2 aromatic carbocycles. The third-order valence-electron chi connectivity index (χ3n) is 3.64. The van der Waals surface area contributed by atoms with Crippen LogP contribution in [0.4, 0.5) is 0 Å². The van der Waals surface area contributed by atoms with Crippen molar-refractivity contribution >= 4 is 0 Å². The van der Waals surface area contributed by atoms with Crippen molar-refractivity contribution in [2.75, 3.05) is 7.11 Å². The van der Waals surface area contributed by atoms with Crippen molar-refractivity contribution in [2.45, 2.75) is 32.7 Å². The van der Waals surface area contributed by atoms with E-state index < -0.39 is 0 Å². The summed E-state index contributed by atoms with van der Waals surface area (Å²) in [5.41, 5.74) is 10.1. The summed E-state index contributed by atoms with van der Waals surface area (Å²) >= 11 is 0. The molecule has 0 saturated carbocycles. The van der Waals surface area contributed by atoms with Crippen LogP contribution in [0.15, 0.2) is 48.5 Å². The van der Waals surface area contributed by atoms with E-state index in [9.17, 15) is 0 Å². The summed E-state index contributed by atoms with van der Waals surface area (Å²) in [7, 11) is 1.69. The fourth-order valence-electron chi connectivity index (χ4n) is 2.54. The van der Waals surface area contributed by atoms with Crippen LogP contribution in [-0.2, 0) is 12.8 Å². The van der Waals surface area contributed by atoms with Crippen molar-refractivity contribution in [3.05, 3.63) is 65.2 Å². The van der Waals surface area contributed by atoms with E-state index in [0.717, 1.165) is 18.6 Å². The average molecular weight is 283 g/mol. The van der Waals surface area contributed by atoms with Gasteiger partial charge in [-0.25, -0.2) is 0 Å². The van der Waals surface area contributed by atoms with Gasteiger partial charge >= 0.3 is 0 Å². The summed E-state index contributed by atoms with van der Waals surface area (Å²) in [5, 5.41) is 0. The Hall–Kier alpha value is -1.80. The summed E-state index contributed by atoms with van der Waals surface area (Å²) in [5.74, 6) is 1.56. The Labute approximate surface area is 127 Å². The van der Waals surface area contributed by atoms with Gasteiger partial charge in [-0.15, -0.1) is 0 Å². The SMILES string of the molecule is COc1cccc(CC(N)c2ccc(CC(C)C)cc2)c1. The largest absolute Gasteiger partial charge is 0.497 e. The first-order chi connectivity index (χ1) is 10.1. The van der Waals surface area contributed by atoms with Crippen LogP contribution < -0.4 is 10.5 Å². The lowest BCUT2D eigenvalue weighted by molar-refractivity contribution is 0.414. The lowest BCUT2D eigenvalue weighted by atomic mass is 9.96. The van der Waals surface area contributed by atoms with Gasteiger partial charge < -0.3 is 10.5 Å². The van der Waals surface area contributed by atoms with Gasteiger partial charge in [0.1, 0.15) is 5.75 Å². The molecular formula is C19H25NO. The molecule has 0 heterocycles. The third-order valence-corrected chi connectivity index (χ3v) is 3.64. The van der Waals surface area contributed by atoms with E-state index in [1.54, 1.807) is 7.11 Å². The average Bonchev–Trinajstić information content (AvgIpc) is 2.47. The number of nitrogens with two attached hydrogens (primary N) is 1. The summed E-state index contributed by atoms with van der Waals surface area (Å²) in [4.78, 5) is 0. The Kier molecular flexibility index (Phi) is 5.40. The second kappa shape index (κ2) is 7.28. The van der Waals surface area contributed by atoms with Crippen LogP contribution in [0.3, 0.4) is 0 Å². The number of rotatable bonds is 6. The molecule has 2 nitrogen and oxygen atoms in total. The topological polar surface area (TPSA) is 35.2 Å². The number of hydrogen-bond acceptors (Lipinski definition) is 2. The molecule has 2 aromatic rings. The first-order valence-corrected chi connectivity index (χ1v) is 7.56. The van der Waals surface area contributed by atoms with Crippen LogP contribution in [0, 0.1) is 5.92 Å². The van der Waals surface area contributed by atoms with E-state index >= 15 is 0 Å². The summed E-state index contributed by atoms with van der Waals surface area (Å²) in [6.07, 6.45) is 1.94. The van der Waals surface area contributed by atoms with Gasteiger partial charge in [-0.1, -0.05) is 50.2 Å². The molecule has 2 N–H and O–H groups in total. The molecule has 0 bridgehead atoms. The smallest absolute Gasteiger partial charge is 0.119 e. The minimum Gasteiger partial charge on any atom is -0.497 e. The fraction of sp³-hybridized carbons (Fsp3) is 0.368. The Balaban J connectivity index is 2.03. The maximum Gasteiger partial charge on any atom is 0.119 e. The minimum atomic E-state index is 0.0187. The highest BCUT2D eigenvalue weighted by atomic mass is 16.5. The van der Waals surface area contributed by atoms with Gasteiger partial charge in [-0.3, -0.25) is 0 Å². The van der Waals surface area contributed by atoms with E-state index in [4.69, 9.17) is 10.5 Å². The Morgan fingerprint density at radius 1 is 0.952 bits per heavy atom. The van der Waals surface area contributed by atoms with Gasteiger partial charge in [0.25, 0.3) is 0 Å². The molecule has 21 heavy (non-hydrogen) atoms. The van der Waals surface area contributed by atoms with E-state index in [1.165, 1.54) is 16.7 Å². The van der Waals surface area contributed by atoms with Crippen LogP contribution in [0.2, 0.25) is 0 Å². The van der Waals surface area contributed by atoms with Crippen molar-refractivity contribution < 1.29 is 4.74 Å². The summed E-state index contributed by atoms with van der Waals surface area (Å²) in [6.45, 7) is 4.48. The normalized spacial score (nSPS) is 12.4. The molecule has 1 unspecified atom stereocenters. The highest BCUT2D eigenvalue weighted by Crippen LogP contribution is 2.20. The summed E-state index contributed by atoms with van der Waals surface area (Å²) < 4.78 is 5.25. The maximum atomic E-state index is 6.33. The molecule has 0 aliphatic carbocycles. The predicted molar refractivity (Wildman–Crippen MR) is 88.6 cm³/mol. The van der Waals surface area contributed by atoms with Crippen LogP contribution in [0.25, 0.3) is 0 Å². The first kappa shape index (κ1) is 15.6. The Bertz CT molecular complexity index is 560. The third kappa shape index (κ3) is 4.61. The van der Waals surface area contributed by atoms with Crippen LogP contribution in [0.1, 0.15) is 36.6 Å². The zero-order chi connectivity index (χ0) is 15.2. The van der Waals surface area contributed by atoms with E-state index in [0.29, 0.717) is 5.92 Å². The zero-order valence-electron chi connectivity index (χ0n) is 13.2. The van der Waals surface area contributed by atoms with Gasteiger partial charge in [-0.2, -0.15) is 0 Å². The van der Waals surface area contributed by atoms with Crippen molar-refractivity contribution in [3.63, 3.8) is 0 Å². The van der Waals surface area contributed by atoms with E-state index in [2.05, 4.69) is 44.2 Å². The van der Waals surface area contributed by atoms with Gasteiger partial charge in [-0.05, 0) is 47.6 Å². The van der Waals surface area contributed by atoms with Crippen LogP contribution in [0.5, 0.6) is 5.75 Å². The Morgan fingerprint density at radius 3 is 2.29 bits per heavy atom. The van der Waals surface area contributed by atoms with Crippen molar-refractivity contribution in [3.8, 4) is 5.75 Å². The van der Waals surface area contributed by atoms with Gasteiger partial charge in [0.05, 0.1) is 7.11 Å². The molecule has 112 valence electrons. The molecule has 0 radical (unpaired) electrons. The molecule has 0 aliphatic rings. The molecule has 2 heteroatoms. The lowest BCUT2D eigenvalue weighted by Gasteiger charge is -2.14. The second-order valence-electron chi connectivity index (χ2n) is 6.00. The molecule has 1 atom stereocenters. The number of benzene rings is 2. The van der Waals surface area contributed by atoms with Crippen molar-refractivity contribution in [2.24, 2.45) is 11.7 Å². The van der Waals surface area contributed by atoms with Crippen molar-refractivity contribution in [1.82, 2.24) is 0 Å². The van der Waals surface area contributed by atoms with Crippen molar-refractivity contribution in [1.29, 1.82) is 0 Å². The van der Waals surface area contributed by atoms with E-state index in [-0.39, 0.29) is 6.04 Å². The number of ether oxygens (including phenoxy) is 1. The molecule has 0 saturated heterocycles. The Morgan fingerprint density at radius 2 is 1.67 bits per heavy atom. The summed E-state index contributed by atoms with van der Waals surface area (Å²) in [6, 6.07) is 16.8. The molecule has 0 spiro atoms. The molecule has 0 fully saturated rings. The molecule has 0 aliphatic heterocycles. The van der Waals surface area contributed by atoms with Crippen LogP contribution in [-0.4, -0.2) is 7.11 Å². The van der Waals surface area contributed by atoms with E-state index in [1.807, 2.05) is 18.2 Å². The molecule has 0 aromatic heterocycles. The quantitative estimate of drug-likeness (QED) is 0.865. The first-order valence-electron chi connectivity index (χ1n) is 7.56. The number of methoxy groups -OCH3 is 1.